The zero-order valence-electron chi connectivity index (χ0n) is 25.6. The lowest BCUT2D eigenvalue weighted by Gasteiger charge is -2.33. The van der Waals surface area contributed by atoms with Crippen molar-refractivity contribution in [2.24, 2.45) is 13.0 Å². The largest absolute Gasteiger partial charge is 0.350 e. The number of hydrogen-bond donors (Lipinski definition) is 3. The third-order valence-electron chi connectivity index (χ3n) is 8.37. The molecule has 2 heterocycles. The molecule has 1 aliphatic heterocycles. The molecule has 0 radical (unpaired) electrons. The second kappa shape index (κ2) is 15.5. The van der Waals surface area contributed by atoms with Gasteiger partial charge in [0.25, 0.3) is 11.8 Å². The fraction of sp³-hybridized carbons (Fsp3) is 0.531. The van der Waals surface area contributed by atoms with Crippen molar-refractivity contribution >= 4 is 29.7 Å². The standard InChI is InChI=1S/C32H45N7O4/c1-4-28(40)35-26(32(43)39-19-17-37(2)18-20-39)21-23-11-13-24(14-12-23)22-33-31(42)29(25-9-7-5-6-8-10-25)36-30(41)27-15-16-34-38(27)3/h11-16,21,25,29H,4-10,17-20,22H2,1-3H3,(H,33,42)(H,35,40)(H,36,41)/b26-21+/t29-/m0/s1. The number of rotatable bonds is 10. The average molecular weight is 592 g/mol. The molecule has 4 rings (SSSR count). The summed E-state index contributed by atoms with van der Waals surface area (Å²) in [5.74, 6) is -0.844. The molecule has 2 fully saturated rings. The maximum Gasteiger partial charge on any atom is 0.270 e. The summed E-state index contributed by atoms with van der Waals surface area (Å²) >= 11 is 0. The Hall–Kier alpha value is -3.99. The van der Waals surface area contributed by atoms with Crippen LogP contribution in [-0.2, 0) is 28.0 Å². The van der Waals surface area contributed by atoms with Crippen molar-refractivity contribution in [1.82, 2.24) is 35.5 Å². The summed E-state index contributed by atoms with van der Waals surface area (Å²) in [6, 6.07) is 8.52. The Balaban J connectivity index is 1.42. The second-order valence-corrected chi connectivity index (χ2v) is 11.6. The van der Waals surface area contributed by atoms with Crippen molar-refractivity contribution in [3.05, 3.63) is 59.0 Å². The van der Waals surface area contributed by atoms with Crippen molar-refractivity contribution < 1.29 is 19.2 Å². The summed E-state index contributed by atoms with van der Waals surface area (Å²) in [5.41, 5.74) is 2.32. The van der Waals surface area contributed by atoms with Gasteiger partial charge in [-0.2, -0.15) is 5.10 Å². The summed E-state index contributed by atoms with van der Waals surface area (Å²) in [4.78, 5) is 55.8. The van der Waals surface area contributed by atoms with E-state index in [2.05, 4.69) is 25.9 Å². The Morgan fingerprint density at radius 2 is 1.63 bits per heavy atom. The molecule has 11 heteroatoms. The lowest BCUT2D eigenvalue weighted by Crippen LogP contribution is -2.51. The number of carbonyl (C=O) groups excluding carboxylic acids is 4. The number of piperazine rings is 1. The average Bonchev–Trinajstić information content (AvgIpc) is 3.27. The molecule has 0 bridgehead atoms. The highest BCUT2D eigenvalue weighted by molar-refractivity contribution is 6.01. The van der Waals surface area contributed by atoms with Gasteiger partial charge in [0, 0.05) is 52.4 Å². The number of nitrogens with zero attached hydrogens (tertiary/aromatic N) is 4. The predicted octanol–water partition coefficient (Wildman–Crippen LogP) is 2.45. The van der Waals surface area contributed by atoms with E-state index in [1.54, 1.807) is 37.2 Å². The van der Waals surface area contributed by atoms with Crippen molar-refractivity contribution in [3.8, 4) is 0 Å². The molecule has 1 saturated heterocycles. The fourth-order valence-corrected chi connectivity index (χ4v) is 5.62. The van der Waals surface area contributed by atoms with E-state index >= 15 is 0 Å². The first-order valence-corrected chi connectivity index (χ1v) is 15.4. The second-order valence-electron chi connectivity index (χ2n) is 11.6. The quantitative estimate of drug-likeness (QED) is 0.288. The molecule has 0 unspecified atom stereocenters. The van der Waals surface area contributed by atoms with Crippen LogP contribution >= 0.6 is 0 Å². The Kier molecular flexibility index (Phi) is 11.5. The molecular weight excluding hydrogens is 546 g/mol. The summed E-state index contributed by atoms with van der Waals surface area (Å²) in [6.07, 6.45) is 9.72. The van der Waals surface area contributed by atoms with E-state index in [1.165, 1.54) is 4.68 Å². The van der Waals surface area contributed by atoms with Gasteiger partial charge in [-0.1, -0.05) is 56.9 Å². The van der Waals surface area contributed by atoms with E-state index in [9.17, 15) is 19.2 Å². The number of benzene rings is 1. The molecule has 4 amide bonds. The van der Waals surface area contributed by atoms with Crippen LogP contribution in [0.2, 0.25) is 0 Å². The van der Waals surface area contributed by atoms with E-state index < -0.39 is 6.04 Å². The van der Waals surface area contributed by atoms with Gasteiger partial charge in [0.2, 0.25) is 11.8 Å². The molecule has 232 valence electrons. The van der Waals surface area contributed by atoms with Gasteiger partial charge in [-0.25, -0.2) is 0 Å². The molecule has 1 atom stereocenters. The number of aryl methyl sites for hydroxylation is 1. The molecule has 0 spiro atoms. The minimum atomic E-state index is -0.631. The third kappa shape index (κ3) is 9.00. The topological polar surface area (TPSA) is 129 Å². The van der Waals surface area contributed by atoms with Crippen LogP contribution in [-0.4, -0.2) is 82.5 Å². The van der Waals surface area contributed by atoms with Crippen LogP contribution in [0.3, 0.4) is 0 Å². The smallest absolute Gasteiger partial charge is 0.270 e. The first-order valence-electron chi connectivity index (χ1n) is 15.4. The predicted molar refractivity (Wildman–Crippen MR) is 164 cm³/mol. The van der Waals surface area contributed by atoms with Gasteiger partial charge in [0.1, 0.15) is 17.4 Å². The highest BCUT2D eigenvalue weighted by Gasteiger charge is 2.31. The van der Waals surface area contributed by atoms with Crippen molar-refractivity contribution in [1.29, 1.82) is 0 Å². The number of amides is 4. The molecule has 3 N–H and O–H groups in total. The lowest BCUT2D eigenvalue weighted by atomic mass is 9.91. The first-order chi connectivity index (χ1) is 20.7. The van der Waals surface area contributed by atoms with Crippen molar-refractivity contribution in [2.45, 2.75) is 64.5 Å². The Morgan fingerprint density at radius 3 is 2.23 bits per heavy atom. The van der Waals surface area contributed by atoms with Crippen molar-refractivity contribution in [2.75, 3.05) is 33.2 Å². The van der Waals surface area contributed by atoms with Gasteiger partial charge in [-0.15, -0.1) is 0 Å². The molecule has 2 aliphatic rings. The Bertz CT molecular complexity index is 1290. The van der Waals surface area contributed by atoms with Crippen LogP contribution in [0.4, 0.5) is 0 Å². The maximum absolute atomic E-state index is 13.5. The fourth-order valence-electron chi connectivity index (χ4n) is 5.62. The Morgan fingerprint density at radius 1 is 0.953 bits per heavy atom. The highest BCUT2D eigenvalue weighted by atomic mass is 16.2. The summed E-state index contributed by atoms with van der Waals surface area (Å²) in [7, 11) is 3.73. The maximum atomic E-state index is 13.5. The molecule has 1 aromatic carbocycles. The molecule has 11 nitrogen and oxygen atoms in total. The van der Waals surface area contributed by atoms with Crippen LogP contribution < -0.4 is 16.0 Å². The molecule has 1 saturated carbocycles. The molecule has 2 aromatic rings. The van der Waals surface area contributed by atoms with Crippen LogP contribution in [0.25, 0.3) is 6.08 Å². The summed E-state index contributed by atoms with van der Waals surface area (Å²) in [6.45, 7) is 4.84. The van der Waals surface area contributed by atoms with Gasteiger partial charge in [0.15, 0.2) is 0 Å². The lowest BCUT2D eigenvalue weighted by molar-refractivity contribution is -0.130. The number of aromatic nitrogens is 2. The van der Waals surface area contributed by atoms with Gasteiger partial charge < -0.3 is 25.8 Å². The van der Waals surface area contributed by atoms with Crippen LogP contribution in [0, 0.1) is 5.92 Å². The van der Waals surface area contributed by atoms with Crippen LogP contribution in [0.15, 0.2) is 42.2 Å². The van der Waals surface area contributed by atoms with E-state index in [1.807, 2.05) is 31.3 Å². The van der Waals surface area contributed by atoms with Gasteiger partial charge in [0.05, 0.1) is 0 Å². The van der Waals surface area contributed by atoms with Gasteiger partial charge in [-0.05, 0) is 49.1 Å². The Labute approximate surface area is 254 Å². The first kappa shape index (κ1) is 31.9. The third-order valence-corrected chi connectivity index (χ3v) is 8.37. The zero-order chi connectivity index (χ0) is 30.8. The van der Waals surface area contributed by atoms with E-state index in [0.29, 0.717) is 25.3 Å². The molecule has 1 aromatic heterocycles. The van der Waals surface area contributed by atoms with Crippen molar-refractivity contribution in [3.63, 3.8) is 0 Å². The number of nitrogens with one attached hydrogen (secondary N) is 3. The molecule has 1 aliphatic carbocycles. The summed E-state index contributed by atoms with van der Waals surface area (Å²) < 4.78 is 1.51. The minimum absolute atomic E-state index is 0.0711. The van der Waals surface area contributed by atoms with Gasteiger partial charge in [-0.3, -0.25) is 23.9 Å². The summed E-state index contributed by atoms with van der Waals surface area (Å²) in [5, 5.41) is 12.9. The number of hydrogen-bond acceptors (Lipinski definition) is 6. The minimum Gasteiger partial charge on any atom is -0.350 e. The number of carbonyl (C=O) groups is 4. The van der Waals surface area contributed by atoms with Crippen LogP contribution in [0.5, 0.6) is 0 Å². The van der Waals surface area contributed by atoms with E-state index in [0.717, 1.165) is 62.7 Å². The molecular formula is C32H45N7O4. The monoisotopic (exact) mass is 591 g/mol. The zero-order valence-corrected chi connectivity index (χ0v) is 25.6. The van der Waals surface area contributed by atoms with E-state index in [-0.39, 0.29) is 41.7 Å². The van der Waals surface area contributed by atoms with Crippen LogP contribution in [0.1, 0.15) is 73.5 Å². The van der Waals surface area contributed by atoms with E-state index in [4.69, 9.17) is 0 Å². The SMILES string of the molecule is CCC(=O)N/C(=C/c1ccc(CNC(=O)[C@@H](NC(=O)c2ccnn2C)C2CCCCCC2)cc1)C(=O)N1CCN(C)CC1. The normalized spacial score (nSPS) is 17.6. The van der Waals surface area contributed by atoms with Gasteiger partial charge >= 0.3 is 0 Å². The highest BCUT2D eigenvalue weighted by Crippen LogP contribution is 2.26. The molecule has 43 heavy (non-hydrogen) atoms. The number of likely N-dealkylation sites (N-methyl/N-ethyl adjacent to an activating group) is 1.